The largest absolute Gasteiger partial charge is 0.369 e. The number of pyridine rings is 1. The number of carbonyl (C=O) groups excluding carboxylic acids is 1. The lowest BCUT2D eigenvalue weighted by atomic mass is 9.93. The van der Waals surface area contributed by atoms with Crippen molar-refractivity contribution < 1.29 is 22.4 Å². The lowest BCUT2D eigenvalue weighted by Gasteiger charge is -2.16. The molecule has 1 unspecified atom stereocenters. The molecule has 3 aromatic rings. The summed E-state index contributed by atoms with van der Waals surface area (Å²) >= 11 is 0. The summed E-state index contributed by atoms with van der Waals surface area (Å²) in [5, 5.41) is 0. The van der Waals surface area contributed by atoms with Gasteiger partial charge < -0.3 is 5.73 Å². The van der Waals surface area contributed by atoms with E-state index in [1.165, 1.54) is 24.3 Å². The number of nitrogens with zero attached hydrogens (tertiary/aromatic N) is 1. The maximum atomic E-state index is 14.1. The molecule has 0 saturated carbocycles. The quantitative estimate of drug-likeness (QED) is 0.717. The molecule has 0 aliphatic carbocycles. The number of amides is 1. The lowest BCUT2D eigenvalue weighted by Crippen LogP contribution is -2.25. The maximum Gasteiger partial charge on any atom is 0.231 e. The van der Waals surface area contributed by atoms with Crippen LogP contribution in [0.4, 0.5) is 17.6 Å². The standard InChI is InChI=1S/C19H12F4N2O/c20-10-7-8-11(14(23)9-10)15-5-2-6-16(25-15)18(19(24)26)17-12(21)3-1-4-13(17)22/h1-9,18H,(H2,24,26). The van der Waals surface area contributed by atoms with Gasteiger partial charge in [0.2, 0.25) is 5.91 Å². The van der Waals surface area contributed by atoms with Crippen molar-refractivity contribution in [2.24, 2.45) is 5.73 Å². The van der Waals surface area contributed by atoms with Crippen LogP contribution in [-0.2, 0) is 4.79 Å². The van der Waals surface area contributed by atoms with E-state index in [-0.39, 0.29) is 17.0 Å². The van der Waals surface area contributed by atoms with E-state index in [0.29, 0.717) is 6.07 Å². The molecule has 0 saturated heterocycles. The van der Waals surface area contributed by atoms with Crippen LogP contribution >= 0.6 is 0 Å². The summed E-state index contributed by atoms with van der Waals surface area (Å²) in [6.07, 6.45) is 0. The average molecular weight is 360 g/mol. The SMILES string of the molecule is NC(=O)C(c1cccc(-c2ccc(F)cc2F)n1)c1c(F)cccc1F. The summed E-state index contributed by atoms with van der Waals surface area (Å²) in [5.41, 5.74) is 4.80. The van der Waals surface area contributed by atoms with Gasteiger partial charge in [0.25, 0.3) is 0 Å². The molecule has 0 fully saturated rings. The van der Waals surface area contributed by atoms with Crippen LogP contribution in [0.3, 0.4) is 0 Å². The van der Waals surface area contributed by atoms with E-state index in [1.54, 1.807) is 0 Å². The zero-order valence-electron chi connectivity index (χ0n) is 13.2. The molecule has 26 heavy (non-hydrogen) atoms. The van der Waals surface area contributed by atoms with Crippen LogP contribution in [0, 0.1) is 23.3 Å². The smallest absolute Gasteiger partial charge is 0.231 e. The minimum atomic E-state index is -1.50. The molecule has 2 aromatic carbocycles. The molecule has 0 aliphatic heterocycles. The molecule has 0 radical (unpaired) electrons. The second kappa shape index (κ2) is 6.95. The van der Waals surface area contributed by atoms with Gasteiger partial charge in [-0.25, -0.2) is 17.6 Å². The Labute approximate surface area is 146 Å². The topological polar surface area (TPSA) is 56.0 Å². The first-order chi connectivity index (χ1) is 12.4. The van der Waals surface area contributed by atoms with Crippen LogP contribution in [-0.4, -0.2) is 10.9 Å². The van der Waals surface area contributed by atoms with Gasteiger partial charge in [0, 0.05) is 17.2 Å². The Morgan fingerprint density at radius 3 is 2.15 bits per heavy atom. The van der Waals surface area contributed by atoms with Crippen molar-refractivity contribution in [1.82, 2.24) is 4.98 Å². The maximum absolute atomic E-state index is 14.1. The average Bonchev–Trinajstić information content (AvgIpc) is 2.58. The fourth-order valence-electron chi connectivity index (χ4n) is 2.68. The van der Waals surface area contributed by atoms with Crippen molar-refractivity contribution in [2.45, 2.75) is 5.92 Å². The van der Waals surface area contributed by atoms with Crippen LogP contribution in [0.2, 0.25) is 0 Å². The second-order valence-corrected chi connectivity index (χ2v) is 5.54. The van der Waals surface area contributed by atoms with Gasteiger partial charge >= 0.3 is 0 Å². The molecule has 1 aromatic heterocycles. The van der Waals surface area contributed by atoms with E-state index in [4.69, 9.17) is 5.73 Å². The highest BCUT2D eigenvalue weighted by Crippen LogP contribution is 2.30. The summed E-state index contributed by atoms with van der Waals surface area (Å²) in [4.78, 5) is 16.0. The first-order valence-electron chi connectivity index (χ1n) is 7.54. The number of hydrogen-bond acceptors (Lipinski definition) is 2. The molecular weight excluding hydrogens is 348 g/mol. The molecule has 1 heterocycles. The first kappa shape index (κ1) is 17.6. The van der Waals surface area contributed by atoms with Crippen molar-refractivity contribution in [3.05, 3.63) is 89.1 Å². The van der Waals surface area contributed by atoms with E-state index in [1.807, 2.05) is 0 Å². The van der Waals surface area contributed by atoms with Crippen molar-refractivity contribution >= 4 is 5.91 Å². The number of carbonyl (C=O) groups is 1. The molecule has 0 spiro atoms. The zero-order chi connectivity index (χ0) is 18.8. The summed E-state index contributed by atoms with van der Waals surface area (Å²) in [6, 6.07) is 10.3. The van der Waals surface area contributed by atoms with E-state index in [9.17, 15) is 22.4 Å². The molecule has 0 aliphatic rings. The van der Waals surface area contributed by atoms with Crippen LogP contribution < -0.4 is 5.73 Å². The van der Waals surface area contributed by atoms with Crippen LogP contribution in [0.5, 0.6) is 0 Å². The Kier molecular flexibility index (Phi) is 4.71. The van der Waals surface area contributed by atoms with Gasteiger partial charge in [-0.05, 0) is 36.4 Å². The van der Waals surface area contributed by atoms with Crippen molar-refractivity contribution in [1.29, 1.82) is 0 Å². The van der Waals surface area contributed by atoms with Crippen LogP contribution in [0.1, 0.15) is 17.2 Å². The molecule has 3 rings (SSSR count). The summed E-state index contributed by atoms with van der Waals surface area (Å²) in [6.45, 7) is 0. The number of benzene rings is 2. The van der Waals surface area contributed by atoms with E-state index >= 15 is 0 Å². The monoisotopic (exact) mass is 360 g/mol. The number of hydrogen-bond donors (Lipinski definition) is 1. The number of rotatable bonds is 4. The number of primary amides is 1. The number of halogens is 4. The Morgan fingerprint density at radius 2 is 1.54 bits per heavy atom. The van der Waals surface area contributed by atoms with Crippen molar-refractivity contribution in [2.75, 3.05) is 0 Å². The minimum Gasteiger partial charge on any atom is -0.369 e. The fourth-order valence-corrected chi connectivity index (χ4v) is 2.68. The minimum absolute atomic E-state index is 0.0227. The fraction of sp³-hybridized carbons (Fsp3) is 0.0526. The van der Waals surface area contributed by atoms with Gasteiger partial charge in [-0.15, -0.1) is 0 Å². The molecule has 1 atom stereocenters. The Bertz CT molecular complexity index is 971. The number of aromatic nitrogens is 1. The molecule has 2 N–H and O–H groups in total. The van der Waals surface area contributed by atoms with E-state index < -0.39 is 40.7 Å². The molecule has 132 valence electrons. The first-order valence-corrected chi connectivity index (χ1v) is 7.54. The molecule has 0 bridgehead atoms. The Balaban J connectivity index is 2.14. The van der Waals surface area contributed by atoms with E-state index in [2.05, 4.69) is 4.98 Å². The molecule has 3 nitrogen and oxygen atoms in total. The number of nitrogens with two attached hydrogens (primary N) is 1. The molecule has 1 amide bonds. The normalized spacial score (nSPS) is 12.0. The van der Waals surface area contributed by atoms with Crippen LogP contribution in [0.15, 0.2) is 54.6 Å². The van der Waals surface area contributed by atoms with Crippen molar-refractivity contribution in [3.8, 4) is 11.3 Å². The third kappa shape index (κ3) is 3.28. The summed E-state index contributed by atoms with van der Waals surface area (Å²) < 4.78 is 55.3. The lowest BCUT2D eigenvalue weighted by molar-refractivity contribution is -0.118. The van der Waals surface area contributed by atoms with Gasteiger partial charge in [0.15, 0.2) is 0 Å². The summed E-state index contributed by atoms with van der Waals surface area (Å²) in [5.74, 6) is -6.03. The van der Waals surface area contributed by atoms with E-state index in [0.717, 1.165) is 24.3 Å². The highest BCUT2D eigenvalue weighted by atomic mass is 19.1. The molecular formula is C19H12F4N2O. The van der Waals surface area contributed by atoms with Gasteiger partial charge in [-0.1, -0.05) is 12.1 Å². The second-order valence-electron chi connectivity index (χ2n) is 5.54. The third-order valence-corrected chi connectivity index (χ3v) is 3.85. The zero-order valence-corrected chi connectivity index (χ0v) is 13.2. The highest BCUT2D eigenvalue weighted by Gasteiger charge is 2.28. The van der Waals surface area contributed by atoms with Gasteiger partial charge in [0.1, 0.15) is 29.2 Å². The third-order valence-electron chi connectivity index (χ3n) is 3.85. The summed E-state index contributed by atoms with van der Waals surface area (Å²) in [7, 11) is 0. The van der Waals surface area contributed by atoms with Gasteiger partial charge in [0.05, 0.1) is 11.4 Å². The highest BCUT2D eigenvalue weighted by molar-refractivity contribution is 5.85. The Morgan fingerprint density at radius 1 is 0.885 bits per heavy atom. The Hall–Kier alpha value is -3.22. The van der Waals surface area contributed by atoms with Crippen LogP contribution in [0.25, 0.3) is 11.3 Å². The van der Waals surface area contributed by atoms with Gasteiger partial charge in [-0.2, -0.15) is 0 Å². The predicted octanol–water partition coefficient (Wildman–Crippen LogP) is 3.92. The van der Waals surface area contributed by atoms with Gasteiger partial charge in [-0.3, -0.25) is 9.78 Å². The molecule has 7 heteroatoms. The predicted molar refractivity (Wildman–Crippen MR) is 87.0 cm³/mol. The van der Waals surface area contributed by atoms with Crippen molar-refractivity contribution in [3.63, 3.8) is 0 Å².